The molecule has 0 fully saturated rings. The molecule has 11 rings (SSSR count). The van der Waals surface area contributed by atoms with Crippen LogP contribution in [0, 0.1) is 0 Å². The number of nitrogens with zero attached hydrogens (tertiary/aromatic N) is 1. The number of furan rings is 1. The molecule has 0 saturated heterocycles. The molecule has 11 aromatic rings. The van der Waals surface area contributed by atoms with Gasteiger partial charge < -0.3 is 9.32 Å². The first-order valence-electron chi connectivity index (χ1n) is 18.7. The molecule has 55 heavy (non-hydrogen) atoms. The Morgan fingerprint density at radius 3 is 1.82 bits per heavy atom. The summed E-state index contributed by atoms with van der Waals surface area (Å²) >= 11 is 1.87. The molecule has 0 aliphatic carbocycles. The highest BCUT2D eigenvalue weighted by Crippen LogP contribution is 2.43. The van der Waals surface area contributed by atoms with Crippen LogP contribution < -0.4 is 4.90 Å². The molecule has 2 aromatic heterocycles. The Morgan fingerprint density at radius 2 is 0.982 bits per heavy atom. The summed E-state index contributed by atoms with van der Waals surface area (Å²) in [6.45, 7) is 0. The van der Waals surface area contributed by atoms with Gasteiger partial charge in [-0.05, 0) is 99.3 Å². The Labute approximate surface area is 322 Å². The second kappa shape index (κ2) is 12.9. The fraction of sp³-hybridized carbons (Fsp3) is 0. The maximum atomic E-state index is 6.48. The van der Waals surface area contributed by atoms with Crippen LogP contribution in [-0.4, -0.2) is 0 Å². The number of anilines is 3. The average molecular weight is 720 g/mol. The van der Waals surface area contributed by atoms with Crippen LogP contribution in [0.3, 0.4) is 0 Å². The van der Waals surface area contributed by atoms with Gasteiger partial charge in [0.2, 0.25) is 0 Å². The summed E-state index contributed by atoms with van der Waals surface area (Å²) in [6, 6.07) is 72.2. The SMILES string of the molecule is c1ccc(-c2ccc(N(c3ccc(-c4cccc5cc6sc7ccccc7c6cc45)cc3)c3cccc(-c4cccc5c4oc4ccccc45)c3)cc2)cc1. The van der Waals surface area contributed by atoms with Crippen molar-refractivity contribution in [1.82, 2.24) is 0 Å². The first-order chi connectivity index (χ1) is 27.2. The Hall–Kier alpha value is -6.94. The van der Waals surface area contributed by atoms with Crippen molar-refractivity contribution in [2.45, 2.75) is 0 Å². The van der Waals surface area contributed by atoms with Gasteiger partial charge >= 0.3 is 0 Å². The molecule has 0 N–H and O–H groups in total. The van der Waals surface area contributed by atoms with Crippen LogP contribution >= 0.6 is 11.3 Å². The third-order valence-electron chi connectivity index (χ3n) is 10.9. The molecule has 0 spiro atoms. The fourth-order valence-corrected chi connectivity index (χ4v) is 9.34. The standard InChI is InChI=1S/C52H33NOS/c1-2-11-34(12-3-1)35-23-27-39(28-24-35)53(41-15-8-13-37(31-41)43-19-10-20-46-44-16-4-6-21-49(44)54-52(43)46)40-29-25-36(26-30-40)42-18-9-14-38-32-51-48(33-47(38)42)45-17-5-7-22-50(45)55-51/h1-33H. The van der Waals surface area contributed by atoms with Crippen LogP contribution in [0.2, 0.25) is 0 Å². The summed E-state index contributed by atoms with van der Waals surface area (Å²) in [5, 5.41) is 7.44. The molecule has 3 heteroatoms. The number of hydrogen-bond donors (Lipinski definition) is 0. The molecule has 0 bridgehead atoms. The van der Waals surface area contributed by atoms with E-state index in [9.17, 15) is 0 Å². The summed E-state index contributed by atoms with van der Waals surface area (Å²) in [5.41, 5.74) is 12.1. The van der Waals surface area contributed by atoms with Crippen molar-refractivity contribution >= 4 is 81.3 Å². The van der Waals surface area contributed by atoms with Crippen LogP contribution in [0.1, 0.15) is 0 Å². The largest absolute Gasteiger partial charge is 0.455 e. The van der Waals surface area contributed by atoms with E-state index in [1.807, 2.05) is 23.5 Å². The lowest BCUT2D eigenvalue weighted by molar-refractivity contribution is 0.670. The van der Waals surface area contributed by atoms with Crippen molar-refractivity contribution < 1.29 is 4.42 Å². The summed E-state index contributed by atoms with van der Waals surface area (Å²) < 4.78 is 9.13. The quantitative estimate of drug-likeness (QED) is 0.170. The molecule has 258 valence electrons. The van der Waals surface area contributed by atoms with Gasteiger partial charge in [-0.15, -0.1) is 11.3 Å². The lowest BCUT2D eigenvalue weighted by atomic mass is 9.96. The highest BCUT2D eigenvalue weighted by atomic mass is 32.1. The number of rotatable bonds is 6. The molecule has 0 aliphatic heterocycles. The smallest absolute Gasteiger partial charge is 0.143 e. The van der Waals surface area contributed by atoms with E-state index in [0.29, 0.717) is 0 Å². The van der Waals surface area contributed by atoms with Crippen LogP contribution in [0.15, 0.2) is 205 Å². The summed E-state index contributed by atoms with van der Waals surface area (Å²) in [7, 11) is 0. The van der Waals surface area contributed by atoms with Gasteiger partial charge in [0.1, 0.15) is 11.2 Å². The van der Waals surface area contributed by atoms with E-state index in [-0.39, 0.29) is 0 Å². The Balaban J connectivity index is 1.03. The molecule has 0 unspecified atom stereocenters. The Morgan fingerprint density at radius 1 is 0.345 bits per heavy atom. The monoisotopic (exact) mass is 719 g/mol. The summed E-state index contributed by atoms with van der Waals surface area (Å²) in [4.78, 5) is 2.35. The molecule has 0 saturated carbocycles. The van der Waals surface area contributed by atoms with E-state index in [0.717, 1.165) is 50.1 Å². The third kappa shape index (κ3) is 5.40. The van der Waals surface area contributed by atoms with Gasteiger partial charge in [-0.1, -0.05) is 140 Å². The maximum absolute atomic E-state index is 6.48. The van der Waals surface area contributed by atoms with Gasteiger partial charge in [0.25, 0.3) is 0 Å². The van der Waals surface area contributed by atoms with Crippen LogP contribution in [0.25, 0.3) is 86.3 Å². The minimum atomic E-state index is 0.903. The number of hydrogen-bond acceptors (Lipinski definition) is 3. The minimum absolute atomic E-state index is 0.903. The van der Waals surface area contributed by atoms with Gasteiger partial charge in [-0.25, -0.2) is 0 Å². The first-order valence-corrected chi connectivity index (χ1v) is 19.5. The predicted molar refractivity (Wildman–Crippen MR) is 235 cm³/mol. The Bertz CT molecular complexity index is 3190. The normalized spacial score (nSPS) is 11.6. The lowest BCUT2D eigenvalue weighted by Gasteiger charge is -2.26. The van der Waals surface area contributed by atoms with Crippen LogP contribution in [-0.2, 0) is 0 Å². The van der Waals surface area contributed by atoms with E-state index in [1.165, 1.54) is 53.2 Å². The van der Waals surface area contributed by atoms with E-state index in [2.05, 4.69) is 193 Å². The van der Waals surface area contributed by atoms with Crippen molar-refractivity contribution in [1.29, 1.82) is 0 Å². The minimum Gasteiger partial charge on any atom is -0.455 e. The Kier molecular flexibility index (Phi) is 7.39. The molecule has 9 aromatic carbocycles. The number of para-hydroxylation sites is 2. The predicted octanol–water partition coefficient (Wildman–Crippen LogP) is 15.6. The van der Waals surface area contributed by atoms with Gasteiger partial charge in [-0.3, -0.25) is 0 Å². The highest BCUT2D eigenvalue weighted by molar-refractivity contribution is 7.25. The molecule has 0 atom stereocenters. The molecule has 0 aliphatic rings. The molecule has 0 radical (unpaired) electrons. The average Bonchev–Trinajstić information content (AvgIpc) is 3.82. The van der Waals surface area contributed by atoms with Crippen LogP contribution in [0.5, 0.6) is 0 Å². The lowest BCUT2D eigenvalue weighted by Crippen LogP contribution is -2.10. The van der Waals surface area contributed by atoms with Crippen molar-refractivity contribution in [2.24, 2.45) is 0 Å². The zero-order chi connectivity index (χ0) is 36.3. The molecule has 2 nitrogen and oxygen atoms in total. The number of fused-ring (bicyclic) bond motifs is 7. The third-order valence-corrected chi connectivity index (χ3v) is 12.0. The summed E-state index contributed by atoms with van der Waals surface area (Å²) in [5.74, 6) is 0. The van der Waals surface area contributed by atoms with Crippen molar-refractivity contribution in [3.8, 4) is 33.4 Å². The highest BCUT2D eigenvalue weighted by Gasteiger charge is 2.17. The first kappa shape index (κ1) is 31.6. The van der Waals surface area contributed by atoms with Gasteiger partial charge in [0, 0.05) is 53.6 Å². The second-order valence-corrected chi connectivity index (χ2v) is 15.2. The second-order valence-electron chi connectivity index (χ2n) is 14.1. The molecule has 2 heterocycles. The topological polar surface area (TPSA) is 16.4 Å². The molecular formula is C52H33NOS. The zero-order valence-corrected chi connectivity index (χ0v) is 30.6. The molecule has 0 amide bonds. The van der Waals surface area contributed by atoms with Crippen LogP contribution in [0.4, 0.5) is 17.1 Å². The fourth-order valence-electron chi connectivity index (χ4n) is 8.21. The van der Waals surface area contributed by atoms with Crippen molar-refractivity contribution in [3.05, 3.63) is 200 Å². The van der Waals surface area contributed by atoms with E-state index in [4.69, 9.17) is 4.42 Å². The van der Waals surface area contributed by atoms with E-state index in [1.54, 1.807) is 0 Å². The number of thiophene rings is 1. The van der Waals surface area contributed by atoms with Crippen molar-refractivity contribution in [2.75, 3.05) is 4.90 Å². The zero-order valence-electron chi connectivity index (χ0n) is 29.8. The summed E-state index contributed by atoms with van der Waals surface area (Å²) in [6.07, 6.45) is 0. The van der Waals surface area contributed by atoms with E-state index >= 15 is 0 Å². The van der Waals surface area contributed by atoms with Gasteiger partial charge in [0.15, 0.2) is 0 Å². The maximum Gasteiger partial charge on any atom is 0.143 e. The van der Waals surface area contributed by atoms with Gasteiger partial charge in [-0.2, -0.15) is 0 Å². The van der Waals surface area contributed by atoms with E-state index < -0.39 is 0 Å². The van der Waals surface area contributed by atoms with Gasteiger partial charge in [0.05, 0.1) is 0 Å². The number of benzene rings is 9. The van der Waals surface area contributed by atoms with Crippen molar-refractivity contribution in [3.63, 3.8) is 0 Å². The molecular weight excluding hydrogens is 687 g/mol.